The van der Waals surface area contributed by atoms with Crippen molar-refractivity contribution in [2.75, 3.05) is 5.32 Å². The Morgan fingerprint density at radius 2 is 2.05 bits per heavy atom. The molecule has 0 fully saturated rings. The van der Waals surface area contributed by atoms with E-state index in [4.69, 9.17) is 11.0 Å². The lowest BCUT2D eigenvalue weighted by molar-refractivity contribution is 0.100. The number of rotatable bonds is 4. The summed E-state index contributed by atoms with van der Waals surface area (Å²) in [6, 6.07) is 10.0. The van der Waals surface area contributed by atoms with Crippen LogP contribution in [-0.4, -0.2) is 11.8 Å². The zero-order valence-corrected chi connectivity index (χ0v) is 13.0. The van der Waals surface area contributed by atoms with Crippen molar-refractivity contribution in [3.63, 3.8) is 0 Å². The van der Waals surface area contributed by atoms with E-state index in [1.54, 1.807) is 24.3 Å². The number of carbonyl (C=O) groups is 2. The number of nitrogens with one attached hydrogen (secondary N) is 1. The fraction of sp³-hybridized carbons (Fsp3) is 0.188. The van der Waals surface area contributed by atoms with Crippen molar-refractivity contribution in [3.8, 4) is 6.07 Å². The molecule has 2 amide bonds. The average Bonchev–Trinajstić information content (AvgIpc) is 2.91. The molecule has 0 saturated heterocycles. The van der Waals surface area contributed by atoms with Crippen molar-refractivity contribution in [2.45, 2.75) is 19.8 Å². The SMILES string of the molecule is CC(C)c1cc(C(N)=O)c(NC(=O)c2cccc(C#N)c2)s1. The van der Waals surface area contributed by atoms with Crippen LogP contribution in [0, 0.1) is 11.3 Å². The number of thiophene rings is 1. The minimum Gasteiger partial charge on any atom is -0.366 e. The summed E-state index contributed by atoms with van der Waals surface area (Å²) in [4.78, 5) is 24.7. The summed E-state index contributed by atoms with van der Waals surface area (Å²) in [6.45, 7) is 4.00. The Bertz CT molecular complexity index is 772. The number of benzene rings is 1. The van der Waals surface area contributed by atoms with Gasteiger partial charge >= 0.3 is 0 Å². The van der Waals surface area contributed by atoms with E-state index in [0.717, 1.165) is 4.88 Å². The van der Waals surface area contributed by atoms with Crippen LogP contribution < -0.4 is 11.1 Å². The molecule has 1 aromatic carbocycles. The topological polar surface area (TPSA) is 96.0 Å². The van der Waals surface area contributed by atoms with Crippen molar-refractivity contribution >= 4 is 28.2 Å². The molecular formula is C16H15N3O2S. The van der Waals surface area contributed by atoms with Crippen LogP contribution in [-0.2, 0) is 0 Å². The molecule has 6 heteroatoms. The highest BCUT2D eigenvalue weighted by atomic mass is 32.1. The highest BCUT2D eigenvalue weighted by Crippen LogP contribution is 2.32. The van der Waals surface area contributed by atoms with Gasteiger partial charge in [0.05, 0.1) is 17.2 Å². The van der Waals surface area contributed by atoms with E-state index in [9.17, 15) is 9.59 Å². The lowest BCUT2D eigenvalue weighted by atomic mass is 10.1. The minimum atomic E-state index is -0.579. The maximum Gasteiger partial charge on any atom is 0.256 e. The molecule has 2 rings (SSSR count). The molecule has 0 aliphatic heterocycles. The molecule has 0 spiro atoms. The summed E-state index contributed by atoms with van der Waals surface area (Å²) in [6.07, 6.45) is 0. The number of carbonyl (C=O) groups excluding carboxylic acids is 2. The first kappa shape index (κ1) is 15.7. The van der Waals surface area contributed by atoms with E-state index >= 15 is 0 Å². The summed E-state index contributed by atoms with van der Waals surface area (Å²) in [7, 11) is 0. The molecule has 1 aromatic heterocycles. The number of primary amides is 1. The van der Waals surface area contributed by atoms with Crippen LogP contribution in [0.4, 0.5) is 5.00 Å². The van der Waals surface area contributed by atoms with E-state index in [1.807, 2.05) is 19.9 Å². The zero-order chi connectivity index (χ0) is 16.3. The van der Waals surface area contributed by atoms with Gasteiger partial charge in [0, 0.05) is 10.4 Å². The highest BCUT2D eigenvalue weighted by Gasteiger charge is 2.18. The smallest absolute Gasteiger partial charge is 0.256 e. The van der Waals surface area contributed by atoms with Crippen molar-refractivity contribution in [1.82, 2.24) is 0 Å². The maximum absolute atomic E-state index is 12.3. The molecule has 112 valence electrons. The van der Waals surface area contributed by atoms with Crippen LogP contribution in [0.5, 0.6) is 0 Å². The molecular weight excluding hydrogens is 298 g/mol. The highest BCUT2D eigenvalue weighted by molar-refractivity contribution is 7.16. The molecule has 2 aromatic rings. The molecule has 5 nitrogen and oxygen atoms in total. The summed E-state index contributed by atoms with van der Waals surface area (Å²) in [5, 5.41) is 12.0. The number of hydrogen-bond donors (Lipinski definition) is 2. The summed E-state index contributed by atoms with van der Waals surface area (Å²) < 4.78 is 0. The predicted molar refractivity (Wildman–Crippen MR) is 86.0 cm³/mol. The van der Waals surface area contributed by atoms with Crippen molar-refractivity contribution < 1.29 is 9.59 Å². The van der Waals surface area contributed by atoms with Crippen LogP contribution in [0.25, 0.3) is 0 Å². The number of anilines is 1. The van der Waals surface area contributed by atoms with Gasteiger partial charge in [-0.2, -0.15) is 5.26 Å². The third kappa shape index (κ3) is 3.32. The molecule has 1 heterocycles. The van der Waals surface area contributed by atoms with Gasteiger partial charge in [-0.05, 0) is 30.2 Å². The predicted octanol–water partition coefficient (Wildman–Crippen LogP) is 3.09. The fourth-order valence-electron chi connectivity index (χ4n) is 1.88. The molecule has 0 atom stereocenters. The Labute approximate surface area is 132 Å². The van der Waals surface area contributed by atoms with Crippen LogP contribution >= 0.6 is 11.3 Å². The minimum absolute atomic E-state index is 0.232. The van der Waals surface area contributed by atoms with Gasteiger partial charge in [-0.1, -0.05) is 19.9 Å². The first-order valence-electron chi connectivity index (χ1n) is 6.67. The third-order valence-electron chi connectivity index (χ3n) is 3.07. The first-order valence-corrected chi connectivity index (χ1v) is 7.49. The standard InChI is InChI=1S/C16H15N3O2S/c1-9(2)13-7-12(14(18)20)16(22-13)19-15(21)11-5-3-4-10(6-11)8-17/h3-7,9H,1-2H3,(H2,18,20)(H,19,21). The molecule has 0 unspecified atom stereocenters. The lowest BCUT2D eigenvalue weighted by Gasteiger charge is -2.05. The molecule has 0 bridgehead atoms. The van der Waals surface area contributed by atoms with Gasteiger partial charge in [0.2, 0.25) is 0 Å². The van der Waals surface area contributed by atoms with Gasteiger partial charge in [-0.3, -0.25) is 9.59 Å². The Morgan fingerprint density at radius 3 is 2.64 bits per heavy atom. The van der Waals surface area contributed by atoms with Gasteiger partial charge < -0.3 is 11.1 Å². The van der Waals surface area contributed by atoms with Gasteiger partial charge in [-0.25, -0.2) is 0 Å². The van der Waals surface area contributed by atoms with Crippen LogP contribution in [0.1, 0.15) is 50.9 Å². The van der Waals surface area contributed by atoms with E-state index in [-0.39, 0.29) is 11.8 Å². The normalized spacial score (nSPS) is 10.3. The molecule has 3 N–H and O–H groups in total. The van der Waals surface area contributed by atoms with E-state index < -0.39 is 5.91 Å². The quantitative estimate of drug-likeness (QED) is 0.907. The molecule has 0 saturated carbocycles. The monoisotopic (exact) mass is 313 g/mol. The second-order valence-electron chi connectivity index (χ2n) is 5.06. The zero-order valence-electron chi connectivity index (χ0n) is 12.2. The van der Waals surface area contributed by atoms with E-state index in [1.165, 1.54) is 17.4 Å². The average molecular weight is 313 g/mol. The maximum atomic E-state index is 12.3. The second-order valence-corrected chi connectivity index (χ2v) is 6.14. The van der Waals surface area contributed by atoms with E-state index in [0.29, 0.717) is 21.7 Å². The van der Waals surface area contributed by atoms with Gasteiger partial charge in [0.25, 0.3) is 11.8 Å². The first-order chi connectivity index (χ1) is 10.4. The van der Waals surface area contributed by atoms with Crippen LogP contribution in [0.15, 0.2) is 30.3 Å². The number of nitrogens with zero attached hydrogens (tertiary/aromatic N) is 1. The molecule has 0 aliphatic carbocycles. The van der Waals surface area contributed by atoms with Gasteiger partial charge in [-0.15, -0.1) is 11.3 Å². The van der Waals surface area contributed by atoms with Crippen molar-refractivity contribution in [3.05, 3.63) is 51.9 Å². The number of nitriles is 1. The summed E-state index contributed by atoms with van der Waals surface area (Å²) in [5.74, 6) is -0.725. The molecule has 22 heavy (non-hydrogen) atoms. The third-order valence-corrected chi connectivity index (χ3v) is 4.42. The summed E-state index contributed by atoms with van der Waals surface area (Å²) in [5.41, 5.74) is 6.42. The van der Waals surface area contributed by atoms with Gasteiger partial charge in [0.1, 0.15) is 5.00 Å². The van der Waals surface area contributed by atoms with Crippen molar-refractivity contribution in [2.24, 2.45) is 5.73 Å². The van der Waals surface area contributed by atoms with Crippen molar-refractivity contribution in [1.29, 1.82) is 5.26 Å². The summed E-state index contributed by atoms with van der Waals surface area (Å²) >= 11 is 1.33. The largest absolute Gasteiger partial charge is 0.366 e. The lowest BCUT2D eigenvalue weighted by Crippen LogP contribution is -2.16. The Kier molecular flexibility index (Phi) is 4.59. The number of amides is 2. The second kappa shape index (κ2) is 6.41. The Morgan fingerprint density at radius 1 is 1.32 bits per heavy atom. The Balaban J connectivity index is 2.31. The fourth-order valence-corrected chi connectivity index (χ4v) is 2.94. The van der Waals surface area contributed by atoms with E-state index in [2.05, 4.69) is 5.32 Å². The van der Waals surface area contributed by atoms with Gasteiger partial charge in [0.15, 0.2) is 0 Å². The number of nitrogens with two attached hydrogens (primary N) is 1. The number of hydrogen-bond acceptors (Lipinski definition) is 4. The molecule has 0 aliphatic rings. The Hall–Kier alpha value is -2.65. The van der Waals surface area contributed by atoms with Crippen LogP contribution in [0.2, 0.25) is 0 Å². The van der Waals surface area contributed by atoms with Crippen LogP contribution in [0.3, 0.4) is 0 Å². The molecule has 0 radical (unpaired) electrons.